The summed E-state index contributed by atoms with van der Waals surface area (Å²) in [6, 6.07) is 3.22. The molecule has 2 aromatic heterocycles. The maximum Gasteiger partial charge on any atom is 0.451 e. The van der Waals surface area contributed by atoms with E-state index in [2.05, 4.69) is 15.3 Å². The number of carbonyl (C=O) groups is 1. The summed E-state index contributed by atoms with van der Waals surface area (Å²) >= 11 is 0. The molecule has 3 aromatic rings. The van der Waals surface area contributed by atoms with E-state index in [9.17, 15) is 32.0 Å². The number of amides is 1. The molecule has 11 heteroatoms. The van der Waals surface area contributed by atoms with Crippen molar-refractivity contribution in [3.05, 3.63) is 82.8 Å². The molecule has 1 amide bonds. The van der Waals surface area contributed by atoms with Gasteiger partial charge in [-0.3, -0.25) is 4.79 Å². The van der Waals surface area contributed by atoms with E-state index in [1.54, 1.807) is 0 Å². The van der Waals surface area contributed by atoms with E-state index in [-0.39, 0.29) is 22.3 Å². The lowest BCUT2D eigenvalue weighted by Gasteiger charge is -2.14. The zero-order valence-corrected chi connectivity index (χ0v) is 15.2. The topological polar surface area (TPSA) is 81.8 Å². The Morgan fingerprint density at radius 2 is 1.80 bits per heavy atom. The molecule has 30 heavy (non-hydrogen) atoms. The van der Waals surface area contributed by atoms with Crippen LogP contribution in [0.2, 0.25) is 0 Å². The summed E-state index contributed by atoms with van der Waals surface area (Å²) < 4.78 is 65.0. The molecule has 1 aromatic carbocycles. The summed E-state index contributed by atoms with van der Waals surface area (Å²) in [6.07, 6.45) is -0.878. The molecule has 1 N–H and O–H groups in total. The Balaban J connectivity index is 1.82. The number of aromatic nitrogens is 3. The minimum atomic E-state index is -4.69. The predicted octanol–water partition coefficient (Wildman–Crippen LogP) is 3.57. The van der Waals surface area contributed by atoms with Gasteiger partial charge in [-0.25, -0.2) is 18.7 Å². The smallest absolute Gasteiger partial charge is 0.451 e. The van der Waals surface area contributed by atoms with Gasteiger partial charge < -0.3 is 10.5 Å². The van der Waals surface area contributed by atoms with Crippen molar-refractivity contribution < 1.29 is 31.5 Å². The lowest BCUT2D eigenvalue weighted by atomic mass is 10.0. The Hall–Kier alpha value is -3.63. The van der Waals surface area contributed by atoms with Crippen molar-refractivity contribution in [2.24, 2.45) is 0 Å². The van der Waals surface area contributed by atoms with Crippen molar-refractivity contribution in [3.63, 3.8) is 0 Å². The van der Waals surface area contributed by atoms with E-state index in [1.165, 1.54) is 13.0 Å². The fraction of sp³-hybridized carbons (Fsp3) is 0.158. The van der Waals surface area contributed by atoms with Crippen LogP contribution in [0.5, 0.6) is 0 Å². The van der Waals surface area contributed by atoms with Crippen molar-refractivity contribution in [2.75, 3.05) is 0 Å². The standard InChI is InChI=1S/C19H13F5N4O2/c1-10(13-6-25-18(26-7-13)19(22,23)24)27-17(29)12-4-11(8-28(30)9-12)15-3-2-14(20)5-16(15)21/h2-10H,1H3,(H,27,29)/t10-/m1/s1. The first-order valence-corrected chi connectivity index (χ1v) is 8.44. The molecule has 0 spiro atoms. The third-order valence-electron chi connectivity index (χ3n) is 4.12. The number of halogens is 5. The Bertz CT molecular complexity index is 1090. The number of nitrogens with one attached hydrogen (secondary N) is 1. The average molecular weight is 424 g/mol. The zero-order valence-electron chi connectivity index (χ0n) is 15.2. The van der Waals surface area contributed by atoms with Gasteiger partial charge in [-0.15, -0.1) is 0 Å². The summed E-state index contributed by atoms with van der Waals surface area (Å²) in [5.74, 6) is -3.77. The van der Waals surface area contributed by atoms with Crippen LogP contribution in [0.3, 0.4) is 0 Å². The molecule has 156 valence electrons. The number of alkyl halides is 3. The highest BCUT2D eigenvalue weighted by atomic mass is 19.4. The lowest BCUT2D eigenvalue weighted by molar-refractivity contribution is -0.605. The van der Waals surface area contributed by atoms with E-state index in [0.717, 1.165) is 36.9 Å². The third kappa shape index (κ3) is 4.67. The van der Waals surface area contributed by atoms with Crippen LogP contribution in [-0.2, 0) is 6.18 Å². The van der Waals surface area contributed by atoms with Gasteiger partial charge in [0.1, 0.15) is 17.2 Å². The molecule has 0 bridgehead atoms. The fourth-order valence-electron chi connectivity index (χ4n) is 2.62. The molecule has 2 heterocycles. The van der Waals surface area contributed by atoms with E-state index < -0.39 is 35.6 Å². The van der Waals surface area contributed by atoms with Crippen LogP contribution in [0.15, 0.2) is 49.1 Å². The molecule has 0 aliphatic heterocycles. The summed E-state index contributed by atoms with van der Waals surface area (Å²) in [4.78, 5) is 18.9. The van der Waals surface area contributed by atoms with Crippen molar-refractivity contribution in [1.29, 1.82) is 0 Å². The number of rotatable bonds is 4. The van der Waals surface area contributed by atoms with Crippen LogP contribution in [-0.4, -0.2) is 15.9 Å². The number of benzene rings is 1. The van der Waals surface area contributed by atoms with Crippen molar-refractivity contribution in [1.82, 2.24) is 15.3 Å². The predicted molar refractivity (Wildman–Crippen MR) is 93.7 cm³/mol. The first kappa shape index (κ1) is 21.1. The summed E-state index contributed by atoms with van der Waals surface area (Å²) in [5.41, 5.74) is 0.0264. The summed E-state index contributed by atoms with van der Waals surface area (Å²) in [5, 5.41) is 14.4. The molecule has 0 fully saturated rings. The van der Waals surface area contributed by atoms with E-state index >= 15 is 0 Å². The van der Waals surface area contributed by atoms with Gasteiger partial charge in [0.05, 0.1) is 11.6 Å². The van der Waals surface area contributed by atoms with Gasteiger partial charge in [-0.2, -0.15) is 17.9 Å². The van der Waals surface area contributed by atoms with Crippen LogP contribution in [0.1, 0.15) is 34.7 Å². The van der Waals surface area contributed by atoms with Gasteiger partial charge in [0.25, 0.3) is 5.91 Å². The Morgan fingerprint density at radius 1 is 1.13 bits per heavy atom. The monoisotopic (exact) mass is 424 g/mol. The number of hydrogen-bond donors (Lipinski definition) is 1. The molecular weight excluding hydrogens is 411 g/mol. The highest BCUT2D eigenvalue weighted by Crippen LogP contribution is 2.26. The van der Waals surface area contributed by atoms with Crippen LogP contribution in [0.4, 0.5) is 22.0 Å². The maximum absolute atomic E-state index is 14.0. The van der Waals surface area contributed by atoms with Crippen LogP contribution < -0.4 is 10.0 Å². The number of hydrogen-bond acceptors (Lipinski definition) is 4. The highest BCUT2D eigenvalue weighted by molar-refractivity contribution is 5.95. The second kappa shape index (κ2) is 8.01. The Labute approximate surface area is 166 Å². The Morgan fingerprint density at radius 3 is 2.40 bits per heavy atom. The SMILES string of the molecule is C[C@@H](NC(=O)c1cc(-c2ccc(F)cc2F)c[n+]([O-])c1)c1cnc(C(F)(F)F)nc1. The number of pyridine rings is 1. The van der Waals surface area contributed by atoms with E-state index in [1.807, 2.05) is 0 Å². The maximum atomic E-state index is 14.0. The quantitative estimate of drug-likeness (QED) is 0.395. The summed E-state index contributed by atoms with van der Waals surface area (Å²) in [7, 11) is 0. The molecule has 0 radical (unpaired) electrons. The second-order valence-corrected chi connectivity index (χ2v) is 6.33. The molecular formula is C19H13F5N4O2. The summed E-state index contributed by atoms with van der Waals surface area (Å²) in [6.45, 7) is 1.48. The highest BCUT2D eigenvalue weighted by Gasteiger charge is 2.34. The fourth-order valence-corrected chi connectivity index (χ4v) is 2.62. The molecule has 0 aliphatic rings. The van der Waals surface area contributed by atoms with Gasteiger partial charge in [0.15, 0.2) is 12.4 Å². The first-order chi connectivity index (χ1) is 14.0. The van der Waals surface area contributed by atoms with Crippen LogP contribution in [0.25, 0.3) is 11.1 Å². The number of carbonyl (C=O) groups excluding carboxylic acids is 1. The van der Waals surface area contributed by atoms with Gasteiger partial charge in [0.2, 0.25) is 5.82 Å². The molecule has 0 saturated heterocycles. The molecule has 0 saturated carbocycles. The van der Waals surface area contributed by atoms with Gasteiger partial charge in [0, 0.05) is 29.6 Å². The molecule has 0 aliphatic carbocycles. The Kier molecular flexibility index (Phi) is 5.63. The number of nitrogens with zero attached hydrogens (tertiary/aromatic N) is 3. The minimum Gasteiger partial charge on any atom is -0.619 e. The van der Waals surface area contributed by atoms with Crippen molar-refractivity contribution in [3.8, 4) is 11.1 Å². The minimum absolute atomic E-state index is 0.0423. The van der Waals surface area contributed by atoms with E-state index in [0.29, 0.717) is 10.8 Å². The molecule has 6 nitrogen and oxygen atoms in total. The van der Waals surface area contributed by atoms with Crippen LogP contribution >= 0.6 is 0 Å². The molecule has 3 rings (SSSR count). The van der Waals surface area contributed by atoms with Crippen molar-refractivity contribution in [2.45, 2.75) is 19.1 Å². The third-order valence-corrected chi connectivity index (χ3v) is 4.12. The van der Waals surface area contributed by atoms with Crippen LogP contribution in [0, 0.1) is 16.8 Å². The lowest BCUT2D eigenvalue weighted by Crippen LogP contribution is -2.32. The molecule has 1 atom stereocenters. The van der Waals surface area contributed by atoms with Gasteiger partial charge in [-0.05, 0) is 25.1 Å². The zero-order chi connectivity index (χ0) is 22.1. The average Bonchev–Trinajstić information content (AvgIpc) is 2.66. The molecule has 0 unspecified atom stereocenters. The first-order valence-electron chi connectivity index (χ1n) is 8.44. The second-order valence-electron chi connectivity index (χ2n) is 6.33. The van der Waals surface area contributed by atoms with E-state index in [4.69, 9.17) is 0 Å². The van der Waals surface area contributed by atoms with Gasteiger partial charge >= 0.3 is 6.18 Å². The van der Waals surface area contributed by atoms with Gasteiger partial charge in [-0.1, -0.05) is 0 Å². The van der Waals surface area contributed by atoms with Crippen molar-refractivity contribution >= 4 is 5.91 Å². The normalized spacial score (nSPS) is 12.5. The largest absolute Gasteiger partial charge is 0.619 e.